The average molecular weight is 266 g/mol. The molecular weight excluding hydrogens is 236 g/mol. The maximum absolute atomic E-state index is 12.5. The van der Waals surface area contributed by atoms with Crippen LogP contribution >= 0.6 is 0 Å². The smallest absolute Gasteiger partial charge is 0.223 e. The molecule has 0 saturated heterocycles. The zero-order chi connectivity index (χ0) is 13.9. The first-order valence-electron chi connectivity index (χ1n) is 8.07. The summed E-state index contributed by atoms with van der Waals surface area (Å²) in [6, 6.07) is 0. The van der Waals surface area contributed by atoms with E-state index in [1.54, 1.807) is 0 Å². The van der Waals surface area contributed by atoms with Gasteiger partial charge in [0.15, 0.2) is 0 Å². The molecule has 3 nitrogen and oxygen atoms in total. The van der Waals surface area contributed by atoms with E-state index in [0.29, 0.717) is 6.54 Å². The van der Waals surface area contributed by atoms with E-state index < -0.39 is 0 Å². The van der Waals surface area contributed by atoms with E-state index in [4.69, 9.17) is 5.73 Å². The quantitative estimate of drug-likeness (QED) is 0.825. The molecule has 0 radical (unpaired) electrons. The molecule has 0 atom stereocenters. The molecule has 3 N–H and O–H groups in total. The van der Waals surface area contributed by atoms with Crippen molar-refractivity contribution < 1.29 is 4.79 Å². The Bertz CT molecular complexity index is 300. The lowest BCUT2D eigenvalue weighted by Gasteiger charge is -2.40. The zero-order valence-electron chi connectivity index (χ0n) is 12.6. The van der Waals surface area contributed by atoms with E-state index in [0.717, 1.165) is 37.5 Å². The lowest BCUT2D eigenvalue weighted by molar-refractivity contribution is -0.128. The molecule has 0 aromatic carbocycles. The fraction of sp³-hybridized carbons (Fsp3) is 0.938. The predicted molar refractivity (Wildman–Crippen MR) is 78.7 cm³/mol. The summed E-state index contributed by atoms with van der Waals surface area (Å²) >= 11 is 0. The highest BCUT2D eigenvalue weighted by molar-refractivity contribution is 5.79. The minimum absolute atomic E-state index is 0.105. The first-order chi connectivity index (χ1) is 9.04. The molecule has 3 heteroatoms. The van der Waals surface area contributed by atoms with Crippen molar-refractivity contribution in [3.05, 3.63) is 0 Å². The van der Waals surface area contributed by atoms with Gasteiger partial charge >= 0.3 is 0 Å². The molecule has 0 heterocycles. The minimum atomic E-state index is -0.105. The molecule has 2 aliphatic rings. The van der Waals surface area contributed by atoms with Gasteiger partial charge in [-0.3, -0.25) is 4.79 Å². The van der Waals surface area contributed by atoms with Gasteiger partial charge in [-0.25, -0.2) is 0 Å². The molecule has 0 aromatic rings. The monoisotopic (exact) mass is 266 g/mol. The Hall–Kier alpha value is -0.570. The number of rotatable bonds is 3. The molecule has 0 spiro atoms. The Morgan fingerprint density at radius 1 is 1.05 bits per heavy atom. The van der Waals surface area contributed by atoms with Gasteiger partial charge in [0.2, 0.25) is 5.91 Å². The summed E-state index contributed by atoms with van der Waals surface area (Å²) in [5.41, 5.74) is 5.86. The number of carbonyl (C=O) groups excluding carboxylic acids is 1. The van der Waals surface area contributed by atoms with E-state index in [2.05, 4.69) is 19.2 Å². The second-order valence-corrected chi connectivity index (χ2v) is 7.11. The number of nitrogens with two attached hydrogens (primary N) is 1. The number of hydrogen-bond donors (Lipinski definition) is 2. The van der Waals surface area contributed by atoms with E-state index >= 15 is 0 Å². The number of amides is 1. The molecule has 0 unspecified atom stereocenters. The van der Waals surface area contributed by atoms with Crippen molar-refractivity contribution in [1.82, 2.24) is 5.32 Å². The highest BCUT2D eigenvalue weighted by atomic mass is 16.2. The zero-order valence-corrected chi connectivity index (χ0v) is 12.6. The van der Waals surface area contributed by atoms with Gasteiger partial charge in [-0.2, -0.15) is 0 Å². The van der Waals surface area contributed by atoms with Crippen molar-refractivity contribution in [3.8, 4) is 0 Å². The van der Waals surface area contributed by atoms with Gasteiger partial charge in [0, 0.05) is 12.5 Å². The minimum Gasteiger partial charge on any atom is -0.349 e. The molecular formula is C16H30N2O. The lowest BCUT2D eigenvalue weighted by atomic mass is 9.76. The maximum atomic E-state index is 12.5. The first-order valence-corrected chi connectivity index (χ1v) is 8.07. The Kier molecular flexibility index (Phi) is 4.88. The molecule has 110 valence electrons. The summed E-state index contributed by atoms with van der Waals surface area (Å²) < 4.78 is 0. The van der Waals surface area contributed by atoms with Gasteiger partial charge < -0.3 is 11.1 Å². The number of hydrogen-bond acceptors (Lipinski definition) is 2. The Morgan fingerprint density at radius 2 is 1.58 bits per heavy atom. The molecule has 0 aliphatic heterocycles. The van der Waals surface area contributed by atoms with E-state index in [1.165, 1.54) is 25.7 Å². The van der Waals surface area contributed by atoms with Crippen molar-refractivity contribution in [3.63, 3.8) is 0 Å². The molecule has 0 bridgehead atoms. The largest absolute Gasteiger partial charge is 0.349 e. The van der Waals surface area contributed by atoms with Gasteiger partial charge in [0.25, 0.3) is 0 Å². The van der Waals surface area contributed by atoms with Gasteiger partial charge in [0.05, 0.1) is 5.54 Å². The maximum Gasteiger partial charge on any atom is 0.223 e. The van der Waals surface area contributed by atoms with Gasteiger partial charge in [-0.15, -0.1) is 0 Å². The third kappa shape index (κ3) is 3.71. The lowest BCUT2D eigenvalue weighted by Crippen LogP contribution is -2.56. The van der Waals surface area contributed by atoms with Crippen LogP contribution in [0.3, 0.4) is 0 Å². The Balaban J connectivity index is 1.89. The molecule has 2 aliphatic carbocycles. The van der Waals surface area contributed by atoms with Gasteiger partial charge in [0.1, 0.15) is 0 Å². The second kappa shape index (κ2) is 6.25. The highest BCUT2D eigenvalue weighted by Crippen LogP contribution is 2.33. The molecule has 19 heavy (non-hydrogen) atoms. The number of nitrogens with one attached hydrogen (secondary N) is 1. The van der Waals surface area contributed by atoms with Crippen LogP contribution in [0.4, 0.5) is 0 Å². The summed E-state index contributed by atoms with van der Waals surface area (Å²) in [5.74, 6) is 2.08. The average Bonchev–Trinajstić information content (AvgIpc) is 2.42. The first kappa shape index (κ1) is 14.8. The van der Waals surface area contributed by atoms with Crippen molar-refractivity contribution >= 4 is 5.91 Å². The predicted octanol–water partition coefficient (Wildman–Crippen LogP) is 2.84. The van der Waals surface area contributed by atoms with Crippen LogP contribution in [0.5, 0.6) is 0 Å². The Labute approximate surface area is 117 Å². The summed E-state index contributed by atoms with van der Waals surface area (Å²) in [5, 5.41) is 3.32. The highest BCUT2D eigenvalue weighted by Gasteiger charge is 2.36. The van der Waals surface area contributed by atoms with Crippen LogP contribution < -0.4 is 11.1 Å². The molecule has 2 fully saturated rings. The normalized spacial score (nSPS) is 39.8. The fourth-order valence-corrected chi connectivity index (χ4v) is 3.58. The van der Waals surface area contributed by atoms with Crippen LogP contribution in [0.2, 0.25) is 0 Å². The van der Waals surface area contributed by atoms with Crippen LogP contribution in [0.1, 0.15) is 65.2 Å². The SMILES string of the molecule is CC1CCC(C(=O)NC2(CN)CCC(C)CC2)CC1. The van der Waals surface area contributed by atoms with Gasteiger partial charge in [-0.05, 0) is 63.2 Å². The summed E-state index contributed by atoms with van der Waals surface area (Å²) in [6.07, 6.45) is 9.01. The Morgan fingerprint density at radius 3 is 2.11 bits per heavy atom. The van der Waals surface area contributed by atoms with Crippen LogP contribution in [-0.4, -0.2) is 18.0 Å². The second-order valence-electron chi connectivity index (χ2n) is 7.11. The van der Waals surface area contributed by atoms with Crippen molar-refractivity contribution in [2.75, 3.05) is 6.54 Å². The van der Waals surface area contributed by atoms with Gasteiger partial charge in [-0.1, -0.05) is 13.8 Å². The van der Waals surface area contributed by atoms with E-state index in [9.17, 15) is 4.79 Å². The van der Waals surface area contributed by atoms with Crippen molar-refractivity contribution in [2.24, 2.45) is 23.5 Å². The van der Waals surface area contributed by atoms with E-state index in [1.807, 2.05) is 0 Å². The standard InChI is InChI=1S/C16H30N2O/c1-12-3-5-14(6-4-12)15(19)18-16(11-17)9-7-13(2)8-10-16/h12-14H,3-11,17H2,1-2H3,(H,18,19). The van der Waals surface area contributed by atoms with Crippen LogP contribution in [0.25, 0.3) is 0 Å². The summed E-state index contributed by atoms with van der Waals surface area (Å²) in [6.45, 7) is 5.18. The van der Waals surface area contributed by atoms with Crippen LogP contribution in [0, 0.1) is 17.8 Å². The van der Waals surface area contributed by atoms with Crippen LogP contribution in [-0.2, 0) is 4.79 Å². The van der Waals surface area contributed by atoms with Crippen LogP contribution in [0.15, 0.2) is 0 Å². The third-order valence-corrected chi connectivity index (χ3v) is 5.40. The third-order valence-electron chi connectivity index (χ3n) is 5.40. The topological polar surface area (TPSA) is 55.1 Å². The summed E-state index contributed by atoms with van der Waals surface area (Å²) in [7, 11) is 0. The van der Waals surface area contributed by atoms with Crippen molar-refractivity contribution in [2.45, 2.75) is 70.8 Å². The summed E-state index contributed by atoms with van der Waals surface area (Å²) in [4.78, 5) is 12.5. The van der Waals surface area contributed by atoms with E-state index in [-0.39, 0.29) is 17.4 Å². The molecule has 2 rings (SSSR count). The molecule has 2 saturated carbocycles. The number of carbonyl (C=O) groups is 1. The molecule has 1 amide bonds. The van der Waals surface area contributed by atoms with Crippen molar-refractivity contribution in [1.29, 1.82) is 0 Å². The fourth-order valence-electron chi connectivity index (χ4n) is 3.58. The molecule has 0 aromatic heterocycles.